The van der Waals surface area contributed by atoms with Crippen LogP contribution in [-0.4, -0.2) is 62.3 Å². The van der Waals surface area contributed by atoms with Crippen molar-refractivity contribution < 1.29 is 19.2 Å². The van der Waals surface area contributed by atoms with Gasteiger partial charge < -0.3 is 27.0 Å². The average Bonchev–Trinajstić information content (AvgIpc) is 2.60. The van der Waals surface area contributed by atoms with Crippen LogP contribution in [-0.2, 0) is 19.2 Å². The van der Waals surface area contributed by atoms with Crippen LogP contribution in [0.4, 0.5) is 0 Å². The summed E-state index contributed by atoms with van der Waals surface area (Å²) >= 11 is 0. The first-order valence-electron chi connectivity index (χ1n) is 9.07. The number of ketones is 1. The third-order valence-corrected chi connectivity index (χ3v) is 3.87. The minimum Gasteiger partial charge on any atom is -0.354 e. The van der Waals surface area contributed by atoms with Gasteiger partial charge in [0.15, 0.2) is 0 Å². The van der Waals surface area contributed by atoms with E-state index in [9.17, 15) is 19.2 Å². The summed E-state index contributed by atoms with van der Waals surface area (Å²) in [7, 11) is 1.74. The molecule has 9 nitrogen and oxygen atoms in total. The molecule has 3 amide bonds. The van der Waals surface area contributed by atoms with E-state index in [1.807, 2.05) is 6.92 Å². The molecule has 0 radical (unpaired) electrons. The van der Waals surface area contributed by atoms with E-state index < -0.39 is 11.9 Å². The monoisotopic (exact) mass is 371 g/mol. The highest BCUT2D eigenvalue weighted by Crippen LogP contribution is 2.01. The van der Waals surface area contributed by atoms with Gasteiger partial charge in [-0.2, -0.15) is 0 Å². The van der Waals surface area contributed by atoms with Crippen molar-refractivity contribution in [2.24, 2.45) is 5.73 Å². The van der Waals surface area contributed by atoms with E-state index in [0.717, 1.165) is 12.8 Å². The molecule has 0 aromatic heterocycles. The van der Waals surface area contributed by atoms with E-state index in [0.29, 0.717) is 25.8 Å². The molecule has 2 atom stereocenters. The highest BCUT2D eigenvalue weighted by molar-refractivity contribution is 5.90. The largest absolute Gasteiger partial charge is 0.354 e. The molecule has 150 valence electrons. The van der Waals surface area contributed by atoms with Crippen LogP contribution < -0.4 is 27.0 Å². The smallest absolute Gasteiger partial charge is 0.243 e. The van der Waals surface area contributed by atoms with Gasteiger partial charge in [0.2, 0.25) is 17.7 Å². The number of Topliss-reactive ketones (excluding diaryl/α,β-unsaturated/α-hetero) is 1. The minimum atomic E-state index is -0.840. The fraction of sp³-hybridized carbons (Fsp3) is 0.765. The SMILES string of the molecule is CCCC(=O)NCC(=O)NC(CN)C(=O)NCCCCC(NC)C(C)=O. The van der Waals surface area contributed by atoms with Gasteiger partial charge >= 0.3 is 0 Å². The number of rotatable bonds is 14. The molecule has 0 heterocycles. The van der Waals surface area contributed by atoms with Gasteiger partial charge in [0, 0.05) is 19.5 Å². The molecule has 0 rings (SSSR count). The molecular weight excluding hydrogens is 338 g/mol. The Bertz CT molecular complexity index is 470. The van der Waals surface area contributed by atoms with Gasteiger partial charge in [-0.15, -0.1) is 0 Å². The second kappa shape index (κ2) is 14.2. The molecule has 0 fully saturated rings. The molecule has 0 aliphatic heterocycles. The Morgan fingerprint density at radius 1 is 1.00 bits per heavy atom. The lowest BCUT2D eigenvalue weighted by molar-refractivity contribution is -0.129. The van der Waals surface area contributed by atoms with Gasteiger partial charge in [0.05, 0.1) is 12.6 Å². The van der Waals surface area contributed by atoms with Crippen molar-refractivity contribution in [1.29, 1.82) is 0 Å². The second-order valence-electron chi connectivity index (χ2n) is 6.12. The van der Waals surface area contributed by atoms with Crippen LogP contribution >= 0.6 is 0 Å². The van der Waals surface area contributed by atoms with E-state index >= 15 is 0 Å². The van der Waals surface area contributed by atoms with Crippen LogP contribution in [0.2, 0.25) is 0 Å². The van der Waals surface area contributed by atoms with Gasteiger partial charge in [-0.25, -0.2) is 0 Å². The highest BCUT2D eigenvalue weighted by atomic mass is 16.2. The Balaban J connectivity index is 4.07. The van der Waals surface area contributed by atoms with Gasteiger partial charge in [0.25, 0.3) is 0 Å². The van der Waals surface area contributed by atoms with E-state index in [-0.39, 0.29) is 36.7 Å². The van der Waals surface area contributed by atoms with Crippen LogP contribution in [0.5, 0.6) is 0 Å². The van der Waals surface area contributed by atoms with Crippen LogP contribution in [0.1, 0.15) is 46.0 Å². The Kier molecular flexibility index (Phi) is 13.1. The third kappa shape index (κ3) is 10.8. The molecule has 0 saturated heterocycles. The molecule has 0 bridgehead atoms. The van der Waals surface area contributed by atoms with Gasteiger partial charge in [-0.3, -0.25) is 19.2 Å². The molecular formula is C17H33N5O4. The Morgan fingerprint density at radius 2 is 1.69 bits per heavy atom. The maximum atomic E-state index is 12.1. The van der Waals surface area contributed by atoms with Gasteiger partial charge in [-0.05, 0) is 39.7 Å². The summed E-state index contributed by atoms with van der Waals surface area (Å²) in [5, 5.41) is 10.6. The molecule has 6 N–H and O–H groups in total. The molecule has 9 heteroatoms. The lowest BCUT2D eigenvalue weighted by Gasteiger charge is -2.17. The topological polar surface area (TPSA) is 142 Å². The van der Waals surface area contributed by atoms with E-state index in [1.165, 1.54) is 0 Å². The van der Waals surface area contributed by atoms with Crippen molar-refractivity contribution in [1.82, 2.24) is 21.3 Å². The highest BCUT2D eigenvalue weighted by Gasteiger charge is 2.19. The number of likely N-dealkylation sites (N-methyl/N-ethyl adjacent to an activating group) is 1. The first-order valence-corrected chi connectivity index (χ1v) is 9.07. The number of nitrogens with two attached hydrogens (primary N) is 1. The van der Waals surface area contributed by atoms with Crippen LogP contribution in [0.15, 0.2) is 0 Å². The molecule has 0 spiro atoms. The summed E-state index contributed by atoms with van der Waals surface area (Å²) in [5.41, 5.74) is 5.54. The summed E-state index contributed by atoms with van der Waals surface area (Å²) < 4.78 is 0. The predicted octanol–water partition coefficient (Wildman–Crippen LogP) is -1.19. The van der Waals surface area contributed by atoms with Crippen molar-refractivity contribution in [3.63, 3.8) is 0 Å². The average molecular weight is 371 g/mol. The van der Waals surface area contributed by atoms with Crippen LogP contribution in [0.3, 0.4) is 0 Å². The summed E-state index contributed by atoms with van der Waals surface area (Å²) in [6.07, 6.45) is 3.26. The zero-order valence-corrected chi connectivity index (χ0v) is 16.0. The number of carbonyl (C=O) groups excluding carboxylic acids is 4. The summed E-state index contributed by atoms with van der Waals surface area (Å²) in [6, 6.07) is -1.00. The summed E-state index contributed by atoms with van der Waals surface area (Å²) in [4.78, 5) is 46.5. The summed E-state index contributed by atoms with van der Waals surface area (Å²) in [6.45, 7) is 3.63. The Hall–Kier alpha value is -2.00. The van der Waals surface area contributed by atoms with Gasteiger partial charge in [0.1, 0.15) is 11.8 Å². The lowest BCUT2D eigenvalue weighted by Crippen LogP contribution is -2.53. The molecule has 0 aromatic carbocycles. The summed E-state index contributed by atoms with van der Waals surface area (Å²) in [5.74, 6) is -0.939. The van der Waals surface area contributed by atoms with Crippen molar-refractivity contribution in [2.45, 2.75) is 58.0 Å². The zero-order chi connectivity index (χ0) is 19.9. The van der Waals surface area contributed by atoms with E-state index in [2.05, 4.69) is 21.3 Å². The first kappa shape index (κ1) is 24.0. The van der Waals surface area contributed by atoms with Crippen molar-refractivity contribution in [3.8, 4) is 0 Å². The Labute approximate surface area is 155 Å². The molecule has 2 unspecified atom stereocenters. The Morgan fingerprint density at radius 3 is 2.23 bits per heavy atom. The fourth-order valence-electron chi connectivity index (χ4n) is 2.33. The number of unbranched alkanes of at least 4 members (excludes halogenated alkanes) is 1. The number of nitrogens with one attached hydrogen (secondary N) is 4. The van der Waals surface area contributed by atoms with Crippen LogP contribution in [0.25, 0.3) is 0 Å². The quantitative estimate of drug-likeness (QED) is 0.243. The van der Waals surface area contributed by atoms with Crippen molar-refractivity contribution in [2.75, 3.05) is 26.7 Å². The van der Waals surface area contributed by atoms with E-state index in [4.69, 9.17) is 5.73 Å². The zero-order valence-electron chi connectivity index (χ0n) is 16.0. The van der Waals surface area contributed by atoms with E-state index in [1.54, 1.807) is 14.0 Å². The first-order chi connectivity index (χ1) is 12.3. The molecule has 0 saturated carbocycles. The lowest BCUT2D eigenvalue weighted by atomic mass is 10.1. The number of amides is 3. The van der Waals surface area contributed by atoms with Crippen LogP contribution in [0, 0.1) is 0 Å². The molecule has 0 aliphatic rings. The standard InChI is InChI=1S/C17H33N5O4/c1-4-7-15(24)21-11-16(25)22-14(10-18)17(26)20-9-6-5-8-13(19-3)12(2)23/h13-14,19H,4-11,18H2,1-3H3,(H,20,26)(H,21,24)(H,22,25). The normalized spacial score (nSPS) is 12.8. The molecule has 0 aliphatic carbocycles. The minimum absolute atomic E-state index is 0.0351. The van der Waals surface area contributed by atoms with Crippen molar-refractivity contribution >= 4 is 23.5 Å². The number of carbonyl (C=O) groups is 4. The maximum Gasteiger partial charge on any atom is 0.243 e. The van der Waals surface area contributed by atoms with Gasteiger partial charge in [-0.1, -0.05) is 6.92 Å². The fourth-order valence-corrected chi connectivity index (χ4v) is 2.33. The predicted molar refractivity (Wildman–Crippen MR) is 99.3 cm³/mol. The number of hydrogen-bond acceptors (Lipinski definition) is 6. The molecule has 0 aromatic rings. The number of hydrogen-bond donors (Lipinski definition) is 5. The maximum absolute atomic E-state index is 12.1. The molecule has 26 heavy (non-hydrogen) atoms. The third-order valence-electron chi connectivity index (χ3n) is 3.87. The van der Waals surface area contributed by atoms with Crippen molar-refractivity contribution in [3.05, 3.63) is 0 Å². The second-order valence-corrected chi connectivity index (χ2v) is 6.12.